The lowest BCUT2D eigenvalue weighted by Crippen LogP contribution is -2.27. The van der Waals surface area contributed by atoms with Crippen molar-refractivity contribution in [1.29, 1.82) is 0 Å². The predicted molar refractivity (Wildman–Crippen MR) is 107 cm³/mol. The van der Waals surface area contributed by atoms with E-state index in [2.05, 4.69) is 10.6 Å². The zero-order valence-electron chi connectivity index (χ0n) is 14.9. The molecule has 26 heavy (non-hydrogen) atoms. The summed E-state index contributed by atoms with van der Waals surface area (Å²) in [5.41, 5.74) is 8.73. The molecule has 2 rings (SSSR count). The summed E-state index contributed by atoms with van der Waals surface area (Å²) in [7, 11) is 0. The number of halogens is 1. The maximum Gasteiger partial charge on any atom is 0.224 e. The Morgan fingerprint density at radius 2 is 1.65 bits per heavy atom. The Hall–Kier alpha value is -2.37. The van der Waals surface area contributed by atoms with Crippen molar-refractivity contribution in [3.05, 3.63) is 65.7 Å². The van der Waals surface area contributed by atoms with Crippen LogP contribution in [0.2, 0.25) is 0 Å². The van der Waals surface area contributed by atoms with Gasteiger partial charge in [-0.2, -0.15) is 0 Å². The van der Waals surface area contributed by atoms with Gasteiger partial charge in [0.1, 0.15) is 0 Å². The van der Waals surface area contributed by atoms with E-state index in [1.165, 1.54) is 0 Å². The molecule has 0 heterocycles. The highest BCUT2D eigenvalue weighted by Crippen LogP contribution is 2.14. The second-order valence-electron chi connectivity index (χ2n) is 5.99. The molecule has 0 bridgehead atoms. The van der Waals surface area contributed by atoms with E-state index in [9.17, 15) is 9.59 Å². The molecule has 2 aromatic carbocycles. The normalized spacial score (nSPS) is 11.2. The molecule has 0 aliphatic heterocycles. The van der Waals surface area contributed by atoms with Crippen LogP contribution in [0.15, 0.2) is 54.6 Å². The monoisotopic (exact) mass is 375 g/mol. The van der Waals surface area contributed by atoms with E-state index in [0.717, 1.165) is 23.2 Å². The second-order valence-corrected chi connectivity index (χ2v) is 5.99. The number of hydrogen-bond acceptors (Lipinski definition) is 3. The lowest BCUT2D eigenvalue weighted by atomic mass is 10.0. The van der Waals surface area contributed by atoms with E-state index < -0.39 is 0 Å². The Morgan fingerprint density at radius 3 is 2.27 bits per heavy atom. The quantitative estimate of drug-likeness (QED) is 0.659. The molecule has 1 unspecified atom stereocenters. The van der Waals surface area contributed by atoms with Crippen molar-refractivity contribution in [2.45, 2.75) is 38.8 Å². The van der Waals surface area contributed by atoms with Crippen molar-refractivity contribution in [1.82, 2.24) is 5.32 Å². The fourth-order valence-corrected chi connectivity index (χ4v) is 2.45. The SMILES string of the molecule is CCCC(=O)Nc1ccc(CNC(=O)CC(N)c2ccccc2)cc1.Cl. The Balaban J connectivity index is 0.00000338. The zero-order valence-corrected chi connectivity index (χ0v) is 15.7. The van der Waals surface area contributed by atoms with Crippen LogP contribution in [-0.4, -0.2) is 11.8 Å². The minimum Gasteiger partial charge on any atom is -0.352 e. The molecule has 4 N–H and O–H groups in total. The van der Waals surface area contributed by atoms with E-state index in [-0.39, 0.29) is 36.7 Å². The fourth-order valence-electron chi connectivity index (χ4n) is 2.45. The van der Waals surface area contributed by atoms with Crippen molar-refractivity contribution in [2.75, 3.05) is 5.32 Å². The van der Waals surface area contributed by atoms with Gasteiger partial charge in [0.15, 0.2) is 0 Å². The number of anilines is 1. The Morgan fingerprint density at radius 1 is 1.00 bits per heavy atom. The van der Waals surface area contributed by atoms with Gasteiger partial charge in [-0.3, -0.25) is 9.59 Å². The van der Waals surface area contributed by atoms with E-state index in [1.807, 2.05) is 61.5 Å². The Bertz CT molecular complexity index is 690. The molecule has 0 spiro atoms. The van der Waals surface area contributed by atoms with Crippen LogP contribution < -0.4 is 16.4 Å². The Labute approximate surface area is 160 Å². The molecule has 1 atom stereocenters. The number of carbonyl (C=O) groups excluding carboxylic acids is 2. The highest BCUT2D eigenvalue weighted by Gasteiger charge is 2.11. The zero-order chi connectivity index (χ0) is 18.1. The van der Waals surface area contributed by atoms with Crippen LogP contribution in [0.5, 0.6) is 0 Å². The Kier molecular flexibility index (Phi) is 9.41. The van der Waals surface area contributed by atoms with Gasteiger partial charge in [-0.1, -0.05) is 49.4 Å². The van der Waals surface area contributed by atoms with Crippen LogP contribution in [0.3, 0.4) is 0 Å². The van der Waals surface area contributed by atoms with Crippen LogP contribution in [-0.2, 0) is 16.1 Å². The first-order valence-corrected chi connectivity index (χ1v) is 8.54. The van der Waals surface area contributed by atoms with E-state index in [1.54, 1.807) is 0 Å². The van der Waals surface area contributed by atoms with Crippen LogP contribution in [0.1, 0.15) is 43.4 Å². The first-order chi connectivity index (χ1) is 12.1. The van der Waals surface area contributed by atoms with Gasteiger partial charge < -0.3 is 16.4 Å². The molecule has 140 valence electrons. The van der Waals surface area contributed by atoms with Gasteiger partial charge in [0, 0.05) is 31.1 Å². The van der Waals surface area contributed by atoms with Gasteiger partial charge in [0.2, 0.25) is 11.8 Å². The summed E-state index contributed by atoms with van der Waals surface area (Å²) in [5.74, 6) is -0.0740. The fraction of sp³-hybridized carbons (Fsp3) is 0.300. The molecular weight excluding hydrogens is 350 g/mol. The molecule has 0 saturated carbocycles. The standard InChI is InChI=1S/C20H25N3O2.ClH/c1-2-6-19(24)23-17-11-9-15(10-12-17)14-22-20(25)13-18(21)16-7-4-3-5-8-16;/h3-5,7-12,18H,2,6,13-14,21H2,1H3,(H,22,25)(H,23,24);1H. The topological polar surface area (TPSA) is 84.2 Å². The highest BCUT2D eigenvalue weighted by molar-refractivity contribution is 5.90. The van der Waals surface area contributed by atoms with Crippen molar-refractivity contribution in [3.63, 3.8) is 0 Å². The average Bonchev–Trinajstić information content (AvgIpc) is 2.62. The number of benzene rings is 2. The predicted octanol–water partition coefficient (Wildman–Crippen LogP) is 3.55. The number of amides is 2. The third-order valence-corrected chi connectivity index (χ3v) is 3.84. The third kappa shape index (κ3) is 7.25. The molecule has 0 saturated heterocycles. The van der Waals surface area contributed by atoms with Crippen molar-refractivity contribution in [2.24, 2.45) is 5.73 Å². The van der Waals surface area contributed by atoms with Gasteiger partial charge in [0.25, 0.3) is 0 Å². The molecular formula is C20H26ClN3O2. The molecule has 6 heteroatoms. The molecule has 5 nitrogen and oxygen atoms in total. The van der Waals surface area contributed by atoms with Crippen LogP contribution >= 0.6 is 12.4 Å². The van der Waals surface area contributed by atoms with Crippen molar-refractivity contribution < 1.29 is 9.59 Å². The maximum atomic E-state index is 12.0. The number of nitrogens with two attached hydrogens (primary N) is 1. The molecule has 0 radical (unpaired) electrons. The van der Waals surface area contributed by atoms with E-state index in [0.29, 0.717) is 13.0 Å². The van der Waals surface area contributed by atoms with Crippen LogP contribution in [0.25, 0.3) is 0 Å². The third-order valence-electron chi connectivity index (χ3n) is 3.84. The number of rotatable bonds is 8. The van der Waals surface area contributed by atoms with E-state index >= 15 is 0 Å². The highest BCUT2D eigenvalue weighted by atomic mass is 35.5. The molecule has 0 aliphatic rings. The molecule has 0 fully saturated rings. The van der Waals surface area contributed by atoms with Gasteiger partial charge in [-0.05, 0) is 29.7 Å². The molecule has 2 amide bonds. The summed E-state index contributed by atoms with van der Waals surface area (Å²) in [6.07, 6.45) is 1.58. The minimum absolute atomic E-state index is 0. The summed E-state index contributed by atoms with van der Waals surface area (Å²) >= 11 is 0. The number of carbonyl (C=O) groups is 2. The van der Waals surface area contributed by atoms with Gasteiger partial charge >= 0.3 is 0 Å². The molecule has 2 aromatic rings. The summed E-state index contributed by atoms with van der Waals surface area (Å²) in [6, 6.07) is 16.7. The van der Waals surface area contributed by atoms with Crippen LogP contribution in [0, 0.1) is 0 Å². The summed E-state index contributed by atoms with van der Waals surface area (Å²) < 4.78 is 0. The number of nitrogens with one attached hydrogen (secondary N) is 2. The van der Waals surface area contributed by atoms with E-state index in [4.69, 9.17) is 5.73 Å². The maximum absolute atomic E-state index is 12.0. The van der Waals surface area contributed by atoms with Crippen molar-refractivity contribution >= 4 is 29.9 Å². The number of hydrogen-bond donors (Lipinski definition) is 3. The lowest BCUT2D eigenvalue weighted by Gasteiger charge is -2.12. The largest absolute Gasteiger partial charge is 0.352 e. The molecule has 0 aromatic heterocycles. The van der Waals surface area contributed by atoms with Gasteiger partial charge in [-0.15, -0.1) is 12.4 Å². The molecule has 0 aliphatic carbocycles. The summed E-state index contributed by atoms with van der Waals surface area (Å²) in [5, 5.41) is 5.71. The first kappa shape index (κ1) is 21.7. The van der Waals surface area contributed by atoms with Crippen LogP contribution in [0.4, 0.5) is 5.69 Å². The second kappa shape index (κ2) is 11.3. The average molecular weight is 376 g/mol. The lowest BCUT2D eigenvalue weighted by molar-refractivity contribution is -0.121. The summed E-state index contributed by atoms with van der Waals surface area (Å²) in [6.45, 7) is 2.40. The van der Waals surface area contributed by atoms with Crippen molar-refractivity contribution in [3.8, 4) is 0 Å². The summed E-state index contributed by atoms with van der Waals surface area (Å²) in [4.78, 5) is 23.6. The van der Waals surface area contributed by atoms with Gasteiger partial charge in [0.05, 0.1) is 0 Å². The first-order valence-electron chi connectivity index (χ1n) is 8.54. The minimum atomic E-state index is -0.308. The smallest absolute Gasteiger partial charge is 0.224 e. The van der Waals surface area contributed by atoms with Gasteiger partial charge in [-0.25, -0.2) is 0 Å².